The smallest absolute Gasteiger partial charge is 0.193 e. The van der Waals surface area contributed by atoms with Crippen molar-refractivity contribution in [3.05, 3.63) is 48.4 Å². The lowest BCUT2D eigenvalue weighted by molar-refractivity contribution is 0.417. The van der Waals surface area contributed by atoms with E-state index in [0.717, 1.165) is 23.6 Å². The van der Waals surface area contributed by atoms with Crippen LogP contribution in [0.2, 0.25) is 0 Å². The minimum Gasteiger partial charge on any atom is -0.495 e. The predicted molar refractivity (Wildman–Crippen MR) is 90.9 cm³/mol. The molecule has 108 valence electrons. The molecule has 0 saturated carbocycles. The summed E-state index contributed by atoms with van der Waals surface area (Å²) in [5.41, 5.74) is 6.62. The Kier molecular flexibility index (Phi) is 6.92. The highest BCUT2D eigenvalue weighted by Gasteiger charge is 2.02. The molecular formula is C14H18IN3O2. The number of nitrogens with one attached hydrogen (secondary N) is 1. The van der Waals surface area contributed by atoms with Gasteiger partial charge in [-0.2, -0.15) is 0 Å². The average molecular weight is 387 g/mol. The number of methoxy groups -OCH3 is 1. The van der Waals surface area contributed by atoms with Crippen LogP contribution >= 0.6 is 24.0 Å². The van der Waals surface area contributed by atoms with Crippen molar-refractivity contribution in [2.45, 2.75) is 6.42 Å². The topological polar surface area (TPSA) is 72.8 Å². The summed E-state index contributed by atoms with van der Waals surface area (Å²) in [6.45, 7) is 0.571. The normalized spacial score (nSPS) is 10.8. The number of para-hydroxylation sites is 2. The van der Waals surface area contributed by atoms with Crippen molar-refractivity contribution in [1.29, 1.82) is 0 Å². The standard InChI is InChI=1S/C14H17N3O2.HI/c1-18-13-7-3-2-6-12(13)17-14(15)16-9-8-11-5-4-10-19-11;/h2-7,10H,8-9H2,1H3,(H3,15,16,17);1H. The molecule has 0 aliphatic rings. The number of rotatable bonds is 5. The van der Waals surface area contributed by atoms with Crippen molar-refractivity contribution >= 4 is 35.6 Å². The van der Waals surface area contributed by atoms with Crippen molar-refractivity contribution in [3.63, 3.8) is 0 Å². The second-order valence-corrected chi connectivity index (χ2v) is 3.92. The lowest BCUT2D eigenvalue weighted by Gasteiger charge is -2.09. The van der Waals surface area contributed by atoms with Crippen molar-refractivity contribution in [3.8, 4) is 5.75 Å². The number of hydrogen-bond acceptors (Lipinski definition) is 3. The van der Waals surface area contributed by atoms with Gasteiger partial charge < -0.3 is 20.2 Å². The monoisotopic (exact) mass is 387 g/mol. The molecule has 3 N–H and O–H groups in total. The molecule has 0 radical (unpaired) electrons. The van der Waals surface area contributed by atoms with Gasteiger partial charge in [0.1, 0.15) is 11.5 Å². The second kappa shape index (κ2) is 8.47. The number of anilines is 1. The molecule has 0 spiro atoms. The molecule has 5 nitrogen and oxygen atoms in total. The van der Waals surface area contributed by atoms with E-state index in [1.807, 2.05) is 36.4 Å². The van der Waals surface area contributed by atoms with E-state index < -0.39 is 0 Å². The summed E-state index contributed by atoms with van der Waals surface area (Å²) in [6, 6.07) is 11.3. The molecule has 6 heteroatoms. The van der Waals surface area contributed by atoms with E-state index in [2.05, 4.69) is 10.3 Å². The zero-order chi connectivity index (χ0) is 13.5. The maximum Gasteiger partial charge on any atom is 0.193 e. The minimum atomic E-state index is 0. The van der Waals surface area contributed by atoms with Crippen LogP contribution in [0.3, 0.4) is 0 Å². The van der Waals surface area contributed by atoms with E-state index in [0.29, 0.717) is 12.5 Å². The second-order valence-electron chi connectivity index (χ2n) is 3.92. The summed E-state index contributed by atoms with van der Waals surface area (Å²) in [5.74, 6) is 1.98. The van der Waals surface area contributed by atoms with E-state index in [1.54, 1.807) is 13.4 Å². The van der Waals surface area contributed by atoms with Crippen LogP contribution < -0.4 is 15.8 Å². The number of nitrogens with two attached hydrogens (primary N) is 1. The molecular weight excluding hydrogens is 369 g/mol. The highest BCUT2D eigenvalue weighted by Crippen LogP contribution is 2.22. The van der Waals surface area contributed by atoms with Gasteiger partial charge >= 0.3 is 0 Å². The molecule has 1 heterocycles. The highest BCUT2D eigenvalue weighted by atomic mass is 127. The van der Waals surface area contributed by atoms with Gasteiger partial charge in [-0.1, -0.05) is 12.1 Å². The Bertz CT molecular complexity index is 541. The molecule has 2 rings (SSSR count). The molecule has 0 fully saturated rings. The van der Waals surface area contributed by atoms with Crippen LogP contribution in [0.25, 0.3) is 0 Å². The molecule has 0 aliphatic heterocycles. The lowest BCUT2D eigenvalue weighted by Crippen LogP contribution is -2.23. The summed E-state index contributed by atoms with van der Waals surface area (Å²) in [7, 11) is 1.62. The Morgan fingerprint density at radius 1 is 1.30 bits per heavy atom. The van der Waals surface area contributed by atoms with Gasteiger partial charge in [0.15, 0.2) is 5.96 Å². The third-order valence-corrected chi connectivity index (χ3v) is 2.59. The van der Waals surface area contributed by atoms with Crippen LogP contribution in [0.15, 0.2) is 52.1 Å². The van der Waals surface area contributed by atoms with E-state index in [1.165, 1.54) is 0 Å². The molecule has 1 aromatic carbocycles. The molecule has 0 atom stereocenters. The van der Waals surface area contributed by atoms with Crippen LogP contribution in [-0.2, 0) is 6.42 Å². The first-order valence-electron chi connectivity index (χ1n) is 6.02. The van der Waals surface area contributed by atoms with Crippen molar-refractivity contribution < 1.29 is 9.15 Å². The third-order valence-electron chi connectivity index (χ3n) is 2.59. The first-order chi connectivity index (χ1) is 9.29. The Balaban J connectivity index is 0.00000200. The predicted octanol–water partition coefficient (Wildman–Crippen LogP) is 2.88. The van der Waals surface area contributed by atoms with Gasteiger partial charge in [-0.15, -0.1) is 24.0 Å². The quantitative estimate of drug-likeness (QED) is 0.470. The summed E-state index contributed by atoms with van der Waals surface area (Å²) in [6.07, 6.45) is 2.37. The van der Waals surface area contributed by atoms with Crippen LogP contribution in [-0.4, -0.2) is 19.6 Å². The fourth-order valence-corrected chi connectivity index (χ4v) is 1.67. The van der Waals surface area contributed by atoms with Gasteiger partial charge in [-0.3, -0.25) is 4.99 Å². The molecule has 0 amide bonds. The Morgan fingerprint density at radius 3 is 2.80 bits per heavy atom. The van der Waals surface area contributed by atoms with Gasteiger partial charge in [-0.25, -0.2) is 0 Å². The summed E-state index contributed by atoms with van der Waals surface area (Å²) < 4.78 is 10.4. The van der Waals surface area contributed by atoms with Crippen molar-refractivity contribution in [1.82, 2.24) is 0 Å². The molecule has 0 unspecified atom stereocenters. The number of halogens is 1. The largest absolute Gasteiger partial charge is 0.495 e. The van der Waals surface area contributed by atoms with E-state index in [-0.39, 0.29) is 24.0 Å². The SMILES string of the molecule is COc1ccccc1NC(N)=NCCc1ccco1.I. The summed E-state index contributed by atoms with van der Waals surface area (Å²) in [5, 5.41) is 3.01. The summed E-state index contributed by atoms with van der Waals surface area (Å²) >= 11 is 0. The number of hydrogen-bond donors (Lipinski definition) is 2. The fourth-order valence-electron chi connectivity index (χ4n) is 1.67. The number of guanidine groups is 1. The van der Waals surface area contributed by atoms with Crippen molar-refractivity contribution in [2.75, 3.05) is 19.0 Å². The number of nitrogens with zero attached hydrogens (tertiary/aromatic N) is 1. The van der Waals surface area contributed by atoms with Crippen LogP contribution in [0.1, 0.15) is 5.76 Å². The molecule has 2 aromatic rings. The molecule has 0 aliphatic carbocycles. The fraction of sp³-hybridized carbons (Fsp3) is 0.214. The maximum absolute atomic E-state index is 5.82. The highest BCUT2D eigenvalue weighted by molar-refractivity contribution is 14.0. The number of furan rings is 1. The average Bonchev–Trinajstić information content (AvgIpc) is 2.92. The minimum absolute atomic E-state index is 0. The van der Waals surface area contributed by atoms with Gasteiger partial charge in [0.25, 0.3) is 0 Å². The Hall–Kier alpha value is -1.70. The van der Waals surface area contributed by atoms with Crippen LogP contribution in [0, 0.1) is 0 Å². The Labute approximate surface area is 135 Å². The number of benzene rings is 1. The van der Waals surface area contributed by atoms with Gasteiger partial charge in [0.2, 0.25) is 0 Å². The molecule has 0 bridgehead atoms. The van der Waals surface area contributed by atoms with Crippen molar-refractivity contribution in [2.24, 2.45) is 10.7 Å². The Morgan fingerprint density at radius 2 is 2.10 bits per heavy atom. The zero-order valence-electron chi connectivity index (χ0n) is 11.2. The third kappa shape index (κ3) is 4.76. The van der Waals surface area contributed by atoms with E-state index >= 15 is 0 Å². The number of ether oxygens (including phenoxy) is 1. The zero-order valence-corrected chi connectivity index (χ0v) is 13.5. The van der Waals surface area contributed by atoms with E-state index in [9.17, 15) is 0 Å². The maximum atomic E-state index is 5.82. The van der Waals surface area contributed by atoms with E-state index in [4.69, 9.17) is 14.9 Å². The molecule has 0 saturated heterocycles. The van der Waals surface area contributed by atoms with Crippen LogP contribution in [0.5, 0.6) is 5.75 Å². The lowest BCUT2D eigenvalue weighted by atomic mass is 10.3. The van der Waals surface area contributed by atoms with Crippen LogP contribution in [0.4, 0.5) is 5.69 Å². The first kappa shape index (κ1) is 16.4. The van der Waals surface area contributed by atoms with Gasteiger partial charge in [-0.05, 0) is 24.3 Å². The summed E-state index contributed by atoms with van der Waals surface area (Å²) in [4.78, 5) is 4.24. The van der Waals surface area contributed by atoms with Gasteiger partial charge in [0, 0.05) is 13.0 Å². The number of aliphatic imine (C=N–C) groups is 1. The molecule has 20 heavy (non-hydrogen) atoms. The van der Waals surface area contributed by atoms with Gasteiger partial charge in [0.05, 0.1) is 19.1 Å². The first-order valence-corrected chi connectivity index (χ1v) is 6.02. The molecule has 1 aromatic heterocycles.